The minimum Gasteiger partial charge on any atom is -0.361 e. The Kier molecular flexibility index (Phi) is 7.39. The molecule has 0 saturated carbocycles. The number of piperazine rings is 1. The molecule has 4 amide bonds. The van der Waals surface area contributed by atoms with Crippen molar-refractivity contribution in [2.75, 3.05) is 33.2 Å². The van der Waals surface area contributed by atoms with E-state index in [0.717, 1.165) is 22.0 Å². The molecule has 8 heteroatoms. The number of para-hydroxylation sites is 1. The van der Waals surface area contributed by atoms with Crippen LogP contribution in [0.1, 0.15) is 35.3 Å². The van der Waals surface area contributed by atoms with Crippen LogP contribution in [0.15, 0.2) is 54.7 Å². The van der Waals surface area contributed by atoms with Crippen LogP contribution in [0.4, 0.5) is 4.79 Å². The van der Waals surface area contributed by atoms with Gasteiger partial charge in [0.2, 0.25) is 5.91 Å². The van der Waals surface area contributed by atoms with Crippen LogP contribution in [0.25, 0.3) is 10.9 Å². The lowest BCUT2D eigenvalue weighted by Gasteiger charge is -2.34. The van der Waals surface area contributed by atoms with E-state index in [2.05, 4.69) is 10.3 Å². The van der Waals surface area contributed by atoms with Gasteiger partial charge in [-0.05, 0) is 43.2 Å². The summed E-state index contributed by atoms with van der Waals surface area (Å²) in [6, 6.07) is 15.3. The van der Waals surface area contributed by atoms with Crippen molar-refractivity contribution in [3.8, 4) is 0 Å². The Morgan fingerprint density at radius 2 is 1.63 bits per heavy atom. The summed E-state index contributed by atoms with van der Waals surface area (Å²) in [7, 11) is 1.79. The SMILES string of the molecule is CC(C)N(C)C(=O)c1ccc(CNC(=O)N2CCN(C(=O)Cc3c[nH]c4ccccc34)CC2)cc1. The maximum Gasteiger partial charge on any atom is 0.317 e. The number of nitrogens with one attached hydrogen (secondary N) is 2. The Morgan fingerprint density at radius 1 is 0.971 bits per heavy atom. The molecule has 0 radical (unpaired) electrons. The third-order valence-corrected chi connectivity index (χ3v) is 6.68. The third-order valence-electron chi connectivity index (χ3n) is 6.68. The maximum atomic E-state index is 12.8. The summed E-state index contributed by atoms with van der Waals surface area (Å²) in [6.45, 7) is 6.38. The predicted octanol–water partition coefficient (Wildman–Crippen LogP) is 3.24. The van der Waals surface area contributed by atoms with Gasteiger partial charge in [0.05, 0.1) is 6.42 Å². The number of benzene rings is 2. The number of amides is 4. The number of hydrogen-bond donors (Lipinski definition) is 2. The van der Waals surface area contributed by atoms with Gasteiger partial charge < -0.3 is 25.0 Å². The van der Waals surface area contributed by atoms with E-state index in [4.69, 9.17) is 0 Å². The molecule has 0 aliphatic carbocycles. The molecule has 0 unspecified atom stereocenters. The first-order valence-corrected chi connectivity index (χ1v) is 12.0. The zero-order valence-corrected chi connectivity index (χ0v) is 20.6. The van der Waals surface area contributed by atoms with Crippen molar-refractivity contribution in [1.82, 2.24) is 25.0 Å². The lowest BCUT2D eigenvalue weighted by Crippen LogP contribution is -2.53. The van der Waals surface area contributed by atoms with Crippen molar-refractivity contribution in [2.45, 2.75) is 32.9 Å². The lowest BCUT2D eigenvalue weighted by atomic mass is 10.1. The van der Waals surface area contributed by atoms with Gasteiger partial charge in [-0.15, -0.1) is 0 Å². The average Bonchev–Trinajstić information content (AvgIpc) is 3.29. The second-order valence-corrected chi connectivity index (χ2v) is 9.27. The first-order valence-electron chi connectivity index (χ1n) is 12.0. The highest BCUT2D eigenvalue weighted by atomic mass is 16.2. The molecule has 2 N–H and O–H groups in total. The number of carbonyl (C=O) groups is 3. The van der Waals surface area contributed by atoms with E-state index in [-0.39, 0.29) is 23.9 Å². The van der Waals surface area contributed by atoms with Crippen LogP contribution in [0, 0.1) is 0 Å². The first-order chi connectivity index (χ1) is 16.8. The van der Waals surface area contributed by atoms with Crippen molar-refractivity contribution in [2.24, 2.45) is 0 Å². The normalized spacial score (nSPS) is 13.8. The van der Waals surface area contributed by atoms with Gasteiger partial charge in [0.15, 0.2) is 0 Å². The van der Waals surface area contributed by atoms with E-state index in [1.54, 1.807) is 29.0 Å². The highest BCUT2D eigenvalue weighted by Gasteiger charge is 2.24. The van der Waals surface area contributed by atoms with Crippen LogP contribution in [-0.2, 0) is 17.8 Å². The second-order valence-electron chi connectivity index (χ2n) is 9.27. The standard InChI is InChI=1S/C27H33N5O3/c1-19(2)30(3)26(34)21-10-8-20(9-11-21)17-29-27(35)32-14-12-31(13-15-32)25(33)16-22-18-28-24-7-5-4-6-23(22)24/h4-11,18-19,28H,12-17H2,1-3H3,(H,29,35). The molecule has 0 bridgehead atoms. The highest BCUT2D eigenvalue weighted by Crippen LogP contribution is 2.19. The predicted molar refractivity (Wildman–Crippen MR) is 136 cm³/mol. The molecule has 1 aromatic heterocycles. The van der Waals surface area contributed by atoms with Crippen molar-refractivity contribution in [1.29, 1.82) is 0 Å². The van der Waals surface area contributed by atoms with E-state index in [1.165, 1.54) is 0 Å². The lowest BCUT2D eigenvalue weighted by molar-refractivity contribution is -0.131. The zero-order valence-electron chi connectivity index (χ0n) is 20.6. The van der Waals surface area contributed by atoms with Gasteiger partial charge in [-0.3, -0.25) is 9.59 Å². The number of carbonyl (C=O) groups excluding carboxylic acids is 3. The molecular formula is C27H33N5O3. The zero-order chi connectivity index (χ0) is 24.9. The number of aromatic amines is 1. The van der Waals surface area contributed by atoms with Gasteiger partial charge in [0, 0.05) is 68.5 Å². The molecule has 1 fully saturated rings. The largest absolute Gasteiger partial charge is 0.361 e. The smallest absolute Gasteiger partial charge is 0.317 e. The topological polar surface area (TPSA) is 88.8 Å². The number of H-pyrrole nitrogens is 1. The number of hydrogen-bond acceptors (Lipinski definition) is 3. The molecule has 0 atom stereocenters. The summed E-state index contributed by atoms with van der Waals surface area (Å²) in [5, 5.41) is 4.02. The molecule has 4 rings (SSSR count). The molecular weight excluding hydrogens is 442 g/mol. The van der Waals surface area contributed by atoms with E-state index in [1.807, 2.05) is 61.3 Å². The molecule has 1 aliphatic heterocycles. The molecule has 1 saturated heterocycles. The van der Waals surface area contributed by atoms with Gasteiger partial charge in [0.25, 0.3) is 5.91 Å². The van der Waals surface area contributed by atoms with Crippen LogP contribution < -0.4 is 5.32 Å². The molecule has 8 nitrogen and oxygen atoms in total. The molecule has 35 heavy (non-hydrogen) atoms. The van der Waals surface area contributed by atoms with Crippen molar-refractivity contribution >= 4 is 28.7 Å². The van der Waals surface area contributed by atoms with E-state index >= 15 is 0 Å². The highest BCUT2D eigenvalue weighted by molar-refractivity contribution is 5.94. The van der Waals surface area contributed by atoms with Crippen LogP contribution in [0.3, 0.4) is 0 Å². The van der Waals surface area contributed by atoms with Gasteiger partial charge >= 0.3 is 6.03 Å². The van der Waals surface area contributed by atoms with Gasteiger partial charge in [-0.25, -0.2) is 4.79 Å². The van der Waals surface area contributed by atoms with Crippen molar-refractivity contribution in [3.63, 3.8) is 0 Å². The second kappa shape index (κ2) is 10.6. The van der Waals surface area contributed by atoms with E-state index in [0.29, 0.717) is 44.7 Å². The van der Waals surface area contributed by atoms with E-state index < -0.39 is 0 Å². The van der Waals surface area contributed by atoms with Gasteiger partial charge in [0.1, 0.15) is 0 Å². The Hall–Kier alpha value is -3.81. The number of nitrogens with zero attached hydrogens (tertiary/aromatic N) is 3. The van der Waals surface area contributed by atoms with Crippen molar-refractivity contribution in [3.05, 3.63) is 71.4 Å². The van der Waals surface area contributed by atoms with Crippen LogP contribution in [0.2, 0.25) is 0 Å². The van der Waals surface area contributed by atoms with Crippen LogP contribution in [0.5, 0.6) is 0 Å². The summed E-state index contributed by atoms with van der Waals surface area (Å²) in [5.41, 5.74) is 3.58. The molecule has 2 aromatic carbocycles. The summed E-state index contributed by atoms with van der Waals surface area (Å²) in [5.74, 6) is 0.0558. The maximum absolute atomic E-state index is 12.8. The molecule has 0 spiro atoms. The summed E-state index contributed by atoms with van der Waals surface area (Å²) >= 11 is 0. The molecule has 3 aromatic rings. The number of fused-ring (bicyclic) bond motifs is 1. The Morgan fingerprint density at radius 3 is 2.31 bits per heavy atom. The monoisotopic (exact) mass is 475 g/mol. The fourth-order valence-corrected chi connectivity index (χ4v) is 4.20. The Labute approximate surface area is 205 Å². The third kappa shape index (κ3) is 5.65. The first kappa shape index (κ1) is 24.3. The minimum absolute atomic E-state index is 0.0207. The number of aromatic nitrogens is 1. The fraction of sp³-hybridized carbons (Fsp3) is 0.370. The molecule has 184 valence electrons. The van der Waals surface area contributed by atoms with Gasteiger partial charge in [-0.1, -0.05) is 30.3 Å². The van der Waals surface area contributed by atoms with E-state index in [9.17, 15) is 14.4 Å². The minimum atomic E-state index is -0.145. The quantitative estimate of drug-likeness (QED) is 0.574. The fourth-order valence-electron chi connectivity index (χ4n) is 4.20. The Bertz CT molecular complexity index is 1190. The molecule has 2 heterocycles. The summed E-state index contributed by atoms with van der Waals surface area (Å²) in [6.07, 6.45) is 2.25. The number of rotatable bonds is 6. The Balaban J connectivity index is 1.23. The molecule has 1 aliphatic rings. The average molecular weight is 476 g/mol. The van der Waals surface area contributed by atoms with Crippen molar-refractivity contribution < 1.29 is 14.4 Å². The number of urea groups is 1. The summed E-state index contributed by atoms with van der Waals surface area (Å²) in [4.78, 5) is 46.3. The van der Waals surface area contributed by atoms with Gasteiger partial charge in [-0.2, -0.15) is 0 Å². The van der Waals surface area contributed by atoms with Crippen LogP contribution >= 0.6 is 0 Å². The van der Waals surface area contributed by atoms with Crippen LogP contribution in [-0.4, -0.2) is 76.8 Å². The summed E-state index contributed by atoms with van der Waals surface area (Å²) < 4.78 is 0.